The van der Waals surface area contributed by atoms with E-state index in [9.17, 15) is 22.4 Å². The quantitative estimate of drug-likeness (QED) is 0.713. The molecule has 10 heteroatoms. The maximum absolute atomic E-state index is 13.9. The number of carbonyl (C=O) groups excluding carboxylic acids is 1. The summed E-state index contributed by atoms with van der Waals surface area (Å²) in [6.07, 6.45) is -0.636. The fourth-order valence-corrected chi connectivity index (χ4v) is 3.13. The topological polar surface area (TPSA) is 58.1 Å². The van der Waals surface area contributed by atoms with E-state index < -0.39 is 29.0 Å². The fourth-order valence-electron chi connectivity index (χ4n) is 2.73. The summed E-state index contributed by atoms with van der Waals surface area (Å²) in [4.78, 5) is 22.2. The minimum Gasteiger partial charge on any atom is -0.340 e. The Bertz CT molecular complexity index is 860. The largest absolute Gasteiger partial charge is 0.340 e. The number of carbonyl (C=O) groups is 1. The van der Waals surface area contributed by atoms with Gasteiger partial charge in [0.1, 0.15) is 23.0 Å². The average molecular weight is 447 g/mol. The number of halogens is 5. The first-order valence-corrected chi connectivity index (χ1v) is 8.88. The summed E-state index contributed by atoms with van der Waals surface area (Å²) in [6, 6.07) is 3.37. The summed E-state index contributed by atoms with van der Waals surface area (Å²) < 4.78 is 54.7. The molecule has 27 heavy (non-hydrogen) atoms. The number of alkyl halides is 2. The Morgan fingerprint density at radius 3 is 2.33 bits per heavy atom. The normalized spacial score (nSPS) is 16.3. The molecule has 1 aliphatic heterocycles. The molecule has 1 N–H and O–H groups in total. The second-order valence-electron chi connectivity index (χ2n) is 6.24. The Kier molecular flexibility index (Phi) is 5.36. The summed E-state index contributed by atoms with van der Waals surface area (Å²) in [7, 11) is 0. The van der Waals surface area contributed by atoms with Crippen molar-refractivity contribution in [1.82, 2.24) is 9.97 Å². The summed E-state index contributed by atoms with van der Waals surface area (Å²) in [6.45, 7) is 1.78. The van der Waals surface area contributed by atoms with Crippen molar-refractivity contribution in [2.45, 2.75) is 25.7 Å². The van der Waals surface area contributed by atoms with Gasteiger partial charge in [-0.2, -0.15) is 4.98 Å². The minimum absolute atomic E-state index is 0.0292. The highest BCUT2D eigenvalue weighted by atomic mass is 79.9. The van der Waals surface area contributed by atoms with Crippen molar-refractivity contribution in [2.75, 3.05) is 23.3 Å². The van der Waals surface area contributed by atoms with Crippen molar-refractivity contribution in [1.29, 1.82) is 0 Å². The maximum atomic E-state index is 13.9. The molecule has 0 unspecified atom stereocenters. The molecule has 144 valence electrons. The molecule has 1 aliphatic rings. The Balaban J connectivity index is 1.82. The van der Waals surface area contributed by atoms with Gasteiger partial charge in [-0.3, -0.25) is 4.79 Å². The molecular weight excluding hydrogens is 432 g/mol. The number of anilines is 2. The van der Waals surface area contributed by atoms with Crippen LogP contribution in [0.25, 0.3) is 0 Å². The van der Waals surface area contributed by atoms with Gasteiger partial charge in [-0.25, -0.2) is 22.5 Å². The highest BCUT2D eigenvalue weighted by Crippen LogP contribution is 2.29. The third-order valence-electron chi connectivity index (χ3n) is 4.10. The van der Waals surface area contributed by atoms with Crippen molar-refractivity contribution in [3.8, 4) is 0 Å². The first-order valence-electron chi connectivity index (χ1n) is 8.09. The van der Waals surface area contributed by atoms with Gasteiger partial charge in [0.2, 0.25) is 5.95 Å². The van der Waals surface area contributed by atoms with E-state index >= 15 is 0 Å². The van der Waals surface area contributed by atoms with Crippen LogP contribution in [0.5, 0.6) is 0 Å². The molecule has 2 heterocycles. The summed E-state index contributed by atoms with van der Waals surface area (Å²) in [5, 5.41) is 2.34. The van der Waals surface area contributed by atoms with E-state index in [0.29, 0.717) is 5.69 Å². The van der Waals surface area contributed by atoms with Crippen LogP contribution in [0.2, 0.25) is 0 Å². The molecule has 1 aromatic carbocycles. The molecule has 3 rings (SSSR count). The number of nitrogens with zero attached hydrogens (tertiary/aromatic N) is 3. The lowest BCUT2D eigenvalue weighted by Gasteiger charge is -2.31. The predicted octanol–water partition coefficient (Wildman–Crippen LogP) is 4.31. The summed E-state index contributed by atoms with van der Waals surface area (Å²) in [5.74, 6) is -5.56. The number of nitrogens with one attached hydrogen (secondary N) is 1. The molecule has 1 aromatic heterocycles. The second kappa shape index (κ2) is 7.41. The number of hydrogen-bond donors (Lipinski definition) is 1. The molecule has 0 saturated carbocycles. The third-order valence-corrected chi connectivity index (χ3v) is 4.55. The van der Waals surface area contributed by atoms with Crippen molar-refractivity contribution in [3.05, 3.63) is 45.6 Å². The lowest BCUT2D eigenvalue weighted by molar-refractivity contribution is -0.0222. The Labute approximate surface area is 160 Å². The van der Waals surface area contributed by atoms with Gasteiger partial charge >= 0.3 is 0 Å². The highest BCUT2D eigenvalue weighted by Gasteiger charge is 2.35. The van der Waals surface area contributed by atoms with Crippen LogP contribution in [-0.2, 0) is 0 Å². The molecule has 2 aromatic rings. The van der Waals surface area contributed by atoms with Gasteiger partial charge in [0.15, 0.2) is 0 Å². The summed E-state index contributed by atoms with van der Waals surface area (Å²) >= 11 is 2.94. The number of aromatic nitrogens is 2. The van der Waals surface area contributed by atoms with Gasteiger partial charge < -0.3 is 10.2 Å². The zero-order valence-electron chi connectivity index (χ0n) is 14.2. The van der Waals surface area contributed by atoms with Gasteiger partial charge in [0.05, 0.1) is 0 Å². The number of rotatable bonds is 3. The molecule has 0 spiro atoms. The molecule has 0 bridgehead atoms. The Hall–Kier alpha value is -2.23. The predicted molar refractivity (Wildman–Crippen MR) is 95.2 cm³/mol. The SMILES string of the molecule is Cc1cc(NC(=O)c2c(F)cc(Br)cc2F)nc(N2CCC(F)(F)CC2)n1. The standard InChI is InChI=1S/C17H15BrF4N4O/c1-9-6-13(24-15(27)14-11(19)7-10(18)8-12(14)20)25-16(23-9)26-4-2-17(21,22)3-5-26/h6-8H,2-5H2,1H3,(H,23,24,25,27). The molecule has 0 aliphatic carbocycles. The van der Waals surface area contributed by atoms with Crippen molar-refractivity contribution in [2.24, 2.45) is 0 Å². The van der Waals surface area contributed by atoms with Crippen LogP contribution in [0.4, 0.5) is 29.3 Å². The van der Waals surface area contributed by atoms with Crippen LogP contribution >= 0.6 is 15.9 Å². The molecule has 1 saturated heterocycles. The Morgan fingerprint density at radius 1 is 1.15 bits per heavy atom. The third kappa shape index (κ3) is 4.55. The molecule has 0 atom stereocenters. The molecule has 1 fully saturated rings. The van der Waals surface area contributed by atoms with Crippen LogP contribution in [0.3, 0.4) is 0 Å². The van der Waals surface area contributed by atoms with Gasteiger partial charge in [-0.15, -0.1) is 0 Å². The van der Waals surface area contributed by atoms with E-state index in [-0.39, 0.29) is 42.2 Å². The number of aryl methyl sites for hydroxylation is 1. The zero-order valence-corrected chi connectivity index (χ0v) is 15.8. The van der Waals surface area contributed by atoms with Crippen molar-refractivity contribution in [3.63, 3.8) is 0 Å². The van der Waals surface area contributed by atoms with Crippen molar-refractivity contribution < 1.29 is 22.4 Å². The molecule has 0 radical (unpaired) electrons. The Morgan fingerprint density at radius 2 is 1.74 bits per heavy atom. The van der Waals surface area contributed by atoms with Crippen LogP contribution in [0.1, 0.15) is 28.9 Å². The van der Waals surface area contributed by atoms with Gasteiger partial charge in [0.25, 0.3) is 11.8 Å². The minimum atomic E-state index is -2.71. The lowest BCUT2D eigenvalue weighted by Crippen LogP contribution is -2.40. The average Bonchev–Trinajstić information content (AvgIpc) is 2.53. The first kappa shape index (κ1) is 19.5. The number of amides is 1. The van der Waals surface area contributed by atoms with Crippen LogP contribution in [-0.4, -0.2) is 34.9 Å². The van der Waals surface area contributed by atoms with E-state index in [4.69, 9.17) is 0 Å². The van der Waals surface area contributed by atoms with E-state index in [1.165, 1.54) is 6.07 Å². The smallest absolute Gasteiger partial charge is 0.262 e. The van der Waals surface area contributed by atoms with Gasteiger partial charge in [-0.05, 0) is 19.1 Å². The van der Waals surface area contributed by atoms with E-state index in [1.54, 1.807) is 11.8 Å². The fraction of sp³-hybridized carbons (Fsp3) is 0.353. The molecular formula is C17H15BrF4N4O. The van der Waals surface area contributed by atoms with E-state index in [1.807, 2.05) is 0 Å². The van der Waals surface area contributed by atoms with E-state index in [2.05, 4.69) is 31.2 Å². The highest BCUT2D eigenvalue weighted by molar-refractivity contribution is 9.10. The van der Waals surface area contributed by atoms with Gasteiger partial charge in [0, 0.05) is 42.2 Å². The molecule has 1 amide bonds. The molecule has 5 nitrogen and oxygen atoms in total. The summed E-state index contributed by atoms with van der Waals surface area (Å²) in [5.41, 5.74) is -0.266. The lowest BCUT2D eigenvalue weighted by atomic mass is 10.1. The first-order chi connectivity index (χ1) is 12.6. The number of benzene rings is 1. The second-order valence-corrected chi connectivity index (χ2v) is 7.15. The van der Waals surface area contributed by atoms with Crippen LogP contribution in [0.15, 0.2) is 22.7 Å². The van der Waals surface area contributed by atoms with Crippen LogP contribution < -0.4 is 10.2 Å². The maximum Gasteiger partial charge on any atom is 0.262 e. The number of hydrogen-bond acceptors (Lipinski definition) is 4. The number of piperidine rings is 1. The van der Waals surface area contributed by atoms with Crippen LogP contribution in [0, 0.1) is 18.6 Å². The zero-order chi connectivity index (χ0) is 19.8. The van der Waals surface area contributed by atoms with Gasteiger partial charge in [-0.1, -0.05) is 15.9 Å². The monoisotopic (exact) mass is 446 g/mol. The van der Waals surface area contributed by atoms with Crippen molar-refractivity contribution >= 4 is 33.6 Å². The van der Waals surface area contributed by atoms with E-state index in [0.717, 1.165) is 12.1 Å².